The minimum atomic E-state index is -0.838. The van der Waals surface area contributed by atoms with E-state index in [1.54, 1.807) is 24.3 Å². The lowest BCUT2D eigenvalue weighted by Gasteiger charge is -2.15. The second-order valence-corrected chi connectivity index (χ2v) is 4.98. The summed E-state index contributed by atoms with van der Waals surface area (Å²) in [4.78, 5) is 46.3. The minimum absolute atomic E-state index is 0.253. The van der Waals surface area contributed by atoms with Gasteiger partial charge in [0.15, 0.2) is 0 Å². The summed E-state index contributed by atoms with van der Waals surface area (Å²) < 4.78 is 0. The fraction of sp³-hybridized carbons (Fsp3) is 0.375. The Balaban J connectivity index is 3.31. The van der Waals surface area contributed by atoms with Crippen molar-refractivity contribution in [3.05, 3.63) is 35.4 Å². The van der Waals surface area contributed by atoms with Crippen LogP contribution in [0.25, 0.3) is 0 Å². The average molecular weight is 274 g/mol. The molecule has 4 nitrogen and oxygen atoms in total. The number of rotatable bonds is 6. The van der Waals surface area contributed by atoms with Crippen LogP contribution in [0.2, 0.25) is 0 Å². The van der Waals surface area contributed by atoms with E-state index in [0.29, 0.717) is 11.1 Å². The van der Waals surface area contributed by atoms with Crippen molar-refractivity contribution in [1.29, 1.82) is 0 Å². The molecule has 0 aliphatic rings. The minimum Gasteiger partial charge on any atom is -0.299 e. The maximum absolute atomic E-state index is 11.6. The molecule has 0 spiro atoms. The molecule has 0 atom stereocenters. The van der Waals surface area contributed by atoms with E-state index < -0.39 is 11.8 Å². The van der Waals surface area contributed by atoms with E-state index in [1.165, 1.54) is 27.7 Å². The van der Waals surface area contributed by atoms with Gasteiger partial charge in [0.2, 0.25) is 0 Å². The number of benzene rings is 1. The molecule has 0 aliphatic carbocycles. The molecule has 0 unspecified atom stereocenters. The topological polar surface area (TPSA) is 68.3 Å². The Morgan fingerprint density at radius 2 is 1.00 bits per heavy atom. The monoisotopic (exact) mass is 274 g/mol. The molecule has 0 heterocycles. The summed E-state index contributed by atoms with van der Waals surface area (Å²) in [5.41, 5.74) is 1.05. The SMILES string of the molecule is CC(=O)C(C(C)=O)c1cccc(C(C(C)=O)C(C)=O)c1. The van der Waals surface area contributed by atoms with Crippen LogP contribution < -0.4 is 0 Å². The first-order valence-corrected chi connectivity index (χ1v) is 6.37. The summed E-state index contributed by atoms with van der Waals surface area (Å²) in [6.45, 7) is 5.41. The summed E-state index contributed by atoms with van der Waals surface area (Å²) in [5.74, 6) is -2.69. The van der Waals surface area contributed by atoms with Crippen LogP contribution in [0.4, 0.5) is 0 Å². The molecule has 1 aromatic rings. The van der Waals surface area contributed by atoms with Gasteiger partial charge >= 0.3 is 0 Å². The van der Waals surface area contributed by atoms with Crippen LogP contribution in [0, 0.1) is 0 Å². The fourth-order valence-electron chi connectivity index (χ4n) is 2.43. The van der Waals surface area contributed by atoms with Crippen molar-refractivity contribution in [2.24, 2.45) is 0 Å². The smallest absolute Gasteiger partial charge is 0.144 e. The molecule has 0 N–H and O–H groups in total. The summed E-state index contributed by atoms with van der Waals surface area (Å²) in [5, 5.41) is 0. The quantitative estimate of drug-likeness (QED) is 0.746. The number of ketones is 4. The van der Waals surface area contributed by atoms with Crippen molar-refractivity contribution in [2.45, 2.75) is 39.5 Å². The van der Waals surface area contributed by atoms with Crippen LogP contribution in [0.3, 0.4) is 0 Å². The van der Waals surface area contributed by atoms with E-state index in [9.17, 15) is 19.2 Å². The Bertz CT molecular complexity index is 496. The molecular weight excluding hydrogens is 256 g/mol. The van der Waals surface area contributed by atoms with Gasteiger partial charge in [0, 0.05) is 0 Å². The number of Topliss-reactive ketones (excluding diaryl/α,β-unsaturated/α-hetero) is 4. The number of hydrogen-bond acceptors (Lipinski definition) is 4. The van der Waals surface area contributed by atoms with Gasteiger partial charge < -0.3 is 0 Å². The van der Waals surface area contributed by atoms with Gasteiger partial charge in [-0.3, -0.25) is 19.2 Å². The molecule has 0 bridgehead atoms. The predicted molar refractivity (Wildman–Crippen MR) is 74.6 cm³/mol. The van der Waals surface area contributed by atoms with Crippen LogP contribution in [0.15, 0.2) is 24.3 Å². The van der Waals surface area contributed by atoms with Crippen molar-refractivity contribution in [1.82, 2.24) is 0 Å². The molecule has 20 heavy (non-hydrogen) atoms. The number of carbonyl (C=O) groups excluding carboxylic acids is 4. The Morgan fingerprint density at radius 1 is 0.700 bits per heavy atom. The number of carbonyl (C=O) groups is 4. The summed E-state index contributed by atoms with van der Waals surface area (Å²) in [6, 6.07) is 6.58. The fourth-order valence-corrected chi connectivity index (χ4v) is 2.43. The lowest BCUT2D eigenvalue weighted by Crippen LogP contribution is -2.20. The first-order chi connectivity index (χ1) is 9.25. The third-order valence-electron chi connectivity index (χ3n) is 3.20. The average Bonchev–Trinajstić information content (AvgIpc) is 2.27. The zero-order valence-electron chi connectivity index (χ0n) is 12.1. The molecule has 0 amide bonds. The summed E-state index contributed by atoms with van der Waals surface area (Å²) >= 11 is 0. The lowest BCUT2D eigenvalue weighted by atomic mass is 9.86. The summed E-state index contributed by atoms with van der Waals surface area (Å²) in [6.07, 6.45) is 0. The van der Waals surface area contributed by atoms with Crippen LogP contribution in [-0.2, 0) is 19.2 Å². The van der Waals surface area contributed by atoms with E-state index in [1.807, 2.05) is 0 Å². The first kappa shape index (κ1) is 16.0. The van der Waals surface area contributed by atoms with Gasteiger partial charge in [-0.25, -0.2) is 0 Å². The predicted octanol–water partition coefficient (Wildman–Crippen LogP) is 2.21. The second kappa shape index (κ2) is 6.37. The maximum Gasteiger partial charge on any atom is 0.144 e. The highest BCUT2D eigenvalue weighted by molar-refractivity contribution is 6.07. The van der Waals surface area contributed by atoms with E-state index in [4.69, 9.17) is 0 Å². The van der Waals surface area contributed by atoms with Crippen molar-refractivity contribution >= 4 is 23.1 Å². The zero-order chi connectivity index (χ0) is 15.4. The third-order valence-corrected chi connectivity index (χ3v) is 3.20. The van der Waals surface area contributed by atoms with Gasteiger partial charge in [-0.15, -0.1) is 0 Å². The van der Waals surface area contributed by atoms with Crippen molar-refractivity contribution in [2.75, 3.05) is 0 Å². The first-order valence-electron chi connectivity index (χ1n) is 6.37. The van der Waals surface area contributed by atoms with Gasteiger partial charge in [0.25, 0.3) is 0 Å². The van der Waals surface area contributed by atoms with Crippen molar-refractivity contribution < 1.29 is 19.2 Å². The highest BCUT2D eigenvalue weighted by Gasteiger charge is 2.25. The molecule has 0 saturated carbocycles. The van der Waals surface area contributed by atoms with Gasteiger partial charge in [-0.05, 0) is 38.8 Å². The summed E-state index contributed by atoms with van der Waals surface area (Å²) in [7, 11) is 0. The van der Waals surface area contributed by atoms with Crippen LogP contribution in [0.1, 0.15) is 50.7 Å². The molecule has 0 aliphatic heterocycles. The highest BCUT2D eigenvalue weighted by Crippen LogP contribution is 2.24. The Hall–Kier alpha value is -2.10. The van der Waals surface area contributed by atoms with E-state index >= 15 is 0 Å². The molecule has 0 aromatic heterocycles. The van der Waals surface area contributed by atoms with Gasteiger partial charge in [0.1, 0.15) is 35.0 Å². The molecule has 0 radical (unpaired) electrons. The lowest BCUT2D eigenvalue weighted by molar-refractivity contribution is -0.128. The molecule has 106 valence electrons. The standard InChI is InChI=1S/C16H18O4/c1-9(17)15(10(2)18)13-6-5-7-14(8-13)16(11(3)19)12(4)20/h5-8,15-16H,1-4H3. The zero-order valence-corrected chi connectivity index (χ0v) is 12.1. The van der Waals surface area contributed by atoms with E-state index in [0.717, 1.165) is 0 Å². The molecule has 4 heteroatoms. The third kappa shape index (κ3) is 3.47. The van der Waals surface area contributed by atoms with E-state index in [-0.39, 0.29) is 23.1 Å². The van der Waals surface area contributed by atoms with Crippen molar-refractivity contribution in [3.63, 3.8) is 0 Å². The Labute approximate surface area is 118 Å². The Morgan fingerprint density at radius 3 is 1.25 bits per heavy atom. The second-order valence-electron chi connectivity index (χ2n) is 4.98. The highest BCUT2D eigenvalue weighted by atomic mass is 16.2. The molecular formula is C16H18O4. The van der Waals surface area contributed by atoms with Crippen LogP contribution >= 0.6 is 0 Å². The number of hydrogen-bond donors (Lipinski definition) is 0. The normalized spacial score (nSPS) is 10.7. The molecule has 0 fully saturated rings. The van der Waals surface area contributed by atoms with Crippen LogP contribution in [0.5, 0.6) is 0 Å². The Kier molecular flexibility index (Phi) is 5.08. The maximum atomic E-state index is 11.6. The molecule has 0 saturated heterocycles. The van der Waals surface area contributed by atoms with Crippen molar-refractivity contribution in [3.8, 4) is 0 Å². The van der Waals surface area contributed by atoms with Gasteiger partial charge in [-0.2, -0.15) is 0 Å². The molecule has 1 aromatic carbocycles. The largest absolute Gasteiger partial charge is 0.299 e. The van der Waals surface area contributed by atoms with Gasteiger partial charge in [0.05, 0.1) is 0 Å². The van der Waals surface area contributed by atoms with E-state index in [2.05, 4.69) is 0 Å². The van der Waals surface area contributed by atoms with Crippen LogP contribution in [-0.4, -0.2) is 23.1 Å². The molecule has 1 rings (SSSR count). The van der Waals surface area contributed by atoms with Gasteiger partial charge in [-0.1, -0.05) is 24.3 Å².